The third-order valence-corrected chi connectivity index (χ3v) is 5.72. The van der Waals surface area contributed by atoms with Gasteiger partial charge in [0.15, 0.2) is 0 Å². The largest absolute Gasteiger partial charge is 0.508 e. The van der Waals surface area contributed by atoms with Crippen LogP contribution in [0.15, 0.2) is 36.4 Å². The molecule has 0 aliphatic carbocycles. The van der Waals surface area contributed by atoms with Gasteiger partial charge in [0.05, 0.1) is 13.0 Å². The SMILES string of the molecule is CC(C)(C)c1cc(C(C)(CC(=O)O)c2ccc(OCCO)c(C(C)(C)C)c2)ccc1O. The molecule has 0 aliphatic rings. The van der Waals surface area contributed by atoms with Gasteiger partial charge in [-0.05, 0) is 45.2 Å². The number of phenols is 1. The monoisotopic (exact) mass is 428 g/mol. The Bertz CT molecular complexity index is 934. The first-order valence-electron chi connectivity index (χ1n) is 10.6. The molecule has 170 valence electrons. The van der Waals surface area contributed by atoms with Crippen molar-refractivity contribution >= 4 is 5.97 Å². The number of carbonyl (C=O) groups is 1. The Hall–Kier alpha value is -2.53. The van der Waals surface area contributed by atoms with Gasteiger partial charge in [0.1, 0.15) is 18.1 Å². The summed E-state index contributed by atoms with van der Waals surface area (Å²) in [4.78, 5) is 11.9. The molecule has 0 spiro atoms. The fourth-order valence-corrected chi connectivity index (χ4v) is 3.89. The van der Waals surface area contributed by atoms with Gasteiger partial charge < -0.3 is 20.1 Å². The van der Waals surface area contributed by atoms with Gasteiger partial charge in [0.25, 0.3) is 0 Å². The lowest BCUT2D eigenvalue weighted by molar-refractivity contribution is -0.138. The quantitative estimate of drug-likeness (QED) is 0.568. The average Bonchev–Trinajstić information content (AvgIpc) is 2.64. The van der Waals surface area contributed by atoms with Crippen molar-refractivity contribution in [3.63, 3.8) is 0 Å². The molecule has 0 saturated carbocycles. The van der Waals surface area contributed by atoms with Crippen molar-refractivity contribution in [2.45, 2.75) is 71.1 Å². The molecule has 5 heteroatoms. The Kier molecular flexibility index (Phi) is 7.11. The Labute approximate surface area is 185 Å². The van der Waals surface area contributed by atoms with Crippen LogP contribution >= 0.6 is 0 Å². The smallest absolute Gasteiger partial charge is 0.304 e. The van der Waals surface area contributed by atoms with E-state index in [1.54, 1.807) is 12.1 Å². The van der Waals surface area contributed by atoms with Crippen LogP contribution in [0, 0.1) is 0 Å². The van der Waals surface area contributed by atoms with Crippen molar-refractivity contribution in [3.05, 3.63) is 58.7 Å². The fraction of sp³-hybridized carbons (Fsp3) is 0.500. The minimum atomic E-state index is -0.897. The van der Waals surface area contributed by atoms with Gasteiger partial charge in [0.2, 0.25) is 0 Å². The summed E-state index contributed by atoms with van der Waals surface area (Å²) in [5, 5.41) is 29.3. The number of benzene rings is 2. The summed E-state index contributed by atoms with van der Waals surface area (Å²) in [6.45, 7) is 14.3. The van der Waals surface area contributed by atoms with Crippen LogP contribution in [-0.2, 0) is 21.0 Å². The Balaban J connectivity index is 2.73. The summed E-state index contributed by atoms with van der Waals surface area (Å²) in [7, 11) is 0. The van der Waals surface area contributed by atoms with Crippen molar-refractivity contribution in [3.8, 4) is 11.5 Å². The van der Waals surface area contributed by atoms with E-state index in [9.17, 15) is 15.0 Å². The molecule has 0 heterocycles. The van der Waals surface area contributed by atoms with Gasteiger partial charge >= 0.3 is 5.97 Å². The molecule has 0 aliphatic heterocycles. The first kappa shape index (κ1) is 24.7. The molecule has 0 amide bonds. The summed E-state index contributed by atoms with van der Waals surface area (Å²) in [6, 6.07) is 11.1. The summed E-state index contributed by atoms with van der Waals surface area (Å²) >= 11 is 0. The molecule has 2 aromatic carbocycles. The second-order valence-corrected chi connectivity index (χ2v) is 10.4. The van der Waals surface area contributed by atoms with Gasteiger partial charge in [-0.2, -0.15) is 0 Å². The zero-order valence-electron chi connectivity index (χ0n) is 19.7. The number of aliphatic hydroxyl groups excluding tert-OH is 1. The maximum Gasteiger partial charge on any atom is 0.304 e. The molecule has 0 aromatic heterocycles. The van der Waals surface area contributed by atoms with Gasteiger partial charge in [-0.3, -0.25) is 4.79 Å². The molecule has 0 radical (unpaired) electrons. The highest BCUT2D eigenvalue weighted by Crippen LogP contribution is 2.42. The normalized spacial score (nSPS) is 14.2. The number of carboxylic acid groups (broad SMARTS) is 1. The molecule has 1 atom stereocenters. The van der Waals surface area contributed by atoms with Gasteiger partial charge in [-0.1, -0.05) is 72.7 Å². The Morgan fingerprint density at radius 2 is 1.39 bits per heavy atom. The van der Waals surface area contributed by atoms with Gasteiger partial charge in [-0.15, -0.1) is 0 Å². The van der Waals surface area contributed by atoms with Crippen LogP contribution in [0.25, 0.3) is 0 Å². The predicted octanol–water partition coefficient (Wildman–Crippen LogP) is 5.14. The van der Waals surface area contributed by atoms with E-state index in [4.69, 9.17) is 9.84 Å². The molecule has 0 saturated heterocycles. The van der Waals surface area contributed by atoms with E-state index < -0.39 is 11.4 Å². The first-order valence-corrected chi connectivity index (χ1v) is 10.6. The lowest BCUT2D eigenvalue weighted by Crippen LogP contribution is -2.29. The zero-order valence-corrected chi connectivity index (χ0v) is 19.7. The lowest BCUT2D eigenvalue weighted by atomic mass is 9.70. The summed E-state index contributed by atoms with van der Waals surface area (Å²) in [6.07, 6.45) is -0.0955. The van der Waals surface area contributed by atoms with E-state index >= 15 is 0 Å². The van der Waals surface area contributed by atoms with E-state index in [-0.39, 0.29) is 36.2 Å². The van der Waals surface area contributed by atoms with Crippen LogP contribution in [0.2, 0.25) is 0 Å². The molecule has 31 heavy (non-hydrogen) atoms. The van der Waals surface area contributed by atoms with E-state index in [2.05, 4.69) is 20.8 Å². The maximum absolute atomic E-state index is 11.9. The summed E-state index contributed by atoms with van der Waals surface area (Å²) in [5.41, 5.74) is 2.09. The van der Waals surface area contributed by atoms with Crippen LogP contribution in [0.1, 0.15) is 77.1 Å². The molecule has 2 rings (SSSR count). The van der Waals surface area contributed by atoms with Crippen molar-refractivity contribution < 1.29 is 24.9 Å². The second kappa shape index (κ2) is 8.91. The first-order chi connectivity index (χ1) is 14.2. The van der Waals surface area contributed by atoms with Crippen molar-refractivity contribution in [2.24, 2.45) is 0 Å². The van der Waals surface area contributed by atoms with Crippen molar-refractivity contribution in [2.75, 3.05) is 13.2 Å². The number of aliphatic hydroxyl groups is 1. The van der Waals surface area contributed by atoms with E-state index in [0.717, 1.165) is 22.3 Å². The van der Waals surface area contributed by atoms with Gasteiger partial charge in [-0.25, -0.2) is 0 Å². The molecule has 5 nitrogen and oxygen atoms in total. The summed E-state index contributed by atoms with van der Waals surface area (Å²) in [5.74, 6) is -0.00748. The standard InChI is InChI=1S/C26H36O5/c1-24(2,3)19-14-17(8-10-21(19)28)26(7,16-23(29)30)18-9-11-22(31-13-12-27)20(15-18)25(4,5)6/h8-11,14-15,27-28H,12-13,16H2,1-7H3,(H,29,30). The fourth-order valence-electron chi connectivity index (χ4n) is 3.89. The Morgan fingerprint density at radius 1 is 0.871 bits per heavy atom. The molecule has 0 bridgehead atoms. The van der Waals surface area contributed by atoms with Crippen LogP contribution in [0.5, 0.6) is 11.5 Å². The van der Waals surface area contributed by atoms with Crippen molar-refractivity contribution in [1.29, 1.82) is 0 Å². The minimum absolute atomic E-state index is 0.0782. The molecule has 3 N–H and O–H groups in total. The van der Waals surface area contributed by atoms with E-state index in [0.29, 0.717) is 5.75 Å². The van der Waals surface area contributed by atoms with Gasteiger partial charge in [0, 0.05) is 5.41 Å². The third-order valence-electron chi connectivity index (χ3n) is 5.72. The molecular formula is C26H36O5. The van der Waals surface area contributed by atoms with Crippen molar-refractivity contribution in [1.82, 2.24) is 0 Å². The number of carboxylic acids is 1. The molecular weight excluding hydrogens is 392 g/mol. The second-order valence-electron chi connectivity index (χ2n) is 10.4. The Morgan fingerprint density at radius 3 is 1.87 bits per heavy atom. The van der Waals surface area contributed by atoms with Crippen LogP contribution < -0.4 is 4.74 Å². The number of hydrogen-bond donors (Lipinski definition) is 3. The number of rotatable bonds is 7. The maximum atomic E-state index is 11.9. The number of aliphatic carboxylic acids is 1. The number of hydrogen-bond acceptors (Lipinski definition) is 4. The topological polar surface area (TPSA) is 87.0 Å². The van der Waals surface area contributed by atoms with Crippen LogP contribution in [0.4, 0.5) is 0 Å². The lowest BCUT2D eigenvalue weighted by Gasteiger charge is -2.33. The van der Waals surface area contributed by atoms with Crippen LogP contribution in [0.3, 0.4) is 0 Å². The minimum Gasteiger partial charge on any atom is -0.508 e. The molecule has 0 fully saturated rings. The predicted molar refractivity (Wildman–Crippen MR) is 123 cm³/mol. The highest BCUT2D eigenvalue weighted by atomic mass is 16.5. The highest BCUT2D eigenvalue weighted by Gasteiger charge is 2.35. The third kappa shape index (κ3) is 5.59. The molecule has 1 unspecified atom stereocenters. The highest BCUT2D eigenvalue weighted by molar-refractivity contribution is 5.71. The zero-order chi connectivity index (χ0) is 23.6. The van der Waals surface area contributed by atoms with E-state index in [1.807, 2.05) is 52.0 Å². The van der Waals surface area contributed by atoms with E-state index in [1.165, 1.54) is 0 Å². The average molecular weight is 429 g/mol. The number of ether oxygens (including phenoxy) is 1. The number of phenolic OH excluding ortho intramolecular Hbond substituents is 1. The number of aromatic hydroxyl groups is 1. The van der Waals surface area contributed by atoms with Crippen LogP contribution in [-0.4, -0.2) is 34.5 Å². The molecule has 2 aromatic rings. The summed E-state index contributed by atoms with van der Waals surface area (Å²) < 4.78 is 5.75.